The van der Waals surface area contributed by atoms with Gasteiger partial charge in [-0.15, -0.1) is 0 Å². The number of carboxylic acids is 1. The zero-order valence-corrected chi connectivity index (χ0v) is 7.53. The van der Waals surface area contributed by atoms with E-state index in [0.717, 1.165) is 0 Å². The highest BCUT2D eigenvalue weighted by Gasteiger charge is 2.26. The fourth-order valence-corrected chi connectivity index (χ4v) is 0.803. The largest absolute Gasteiger partial charge is 0.478 e. The first-order chi connectivity index (χ1) is 5.49. The summed E-state index contributed by atoms with van der Waals surface area (Å²) in [6.07, 6.45) is -0.336. The van der Waals surface area contributed by atoms with Gasteiger partial charge in [-0.1, -0.05) is 13.8 Å². The smallest absolute Gasteiger partial charge is 0.345 e. The van der Waals surface area contributed by atoms with Crippen LogP contribution in [0.4, 0.5) is 0 Å². The van der Waals surface area contributed by atoms with E-state index in [-0.39, 0.29) is 5.92 Å². The van der Waals surface area contributed by atoms with Gasteiger partial charge in [0.25, 0.3) is 0 Å². The highest BCUT2D eigenvalue weighted by atomic mass is 16.6. The zero-order chi connectivity index (χ0) is 9.72. The SMILES string of the molecule is CC[C@H](C)C(OC(C)=O)C(=O)O. The molecule has 0 aliphatic rings. The van der Waals surface area contributed by atoms with Gasteiger partial charge >= 0.3 is 11.9 Å². The summed E-state index contributed by atoms with van der Waals surface area (Å²) < 4.78 is 4.63. The van der Waals surface area contributed by atoms with E-state index in [0.29, 0.717) is 6.42 Å². The van der Waals surface area contributed by atoms with Crippen LogP contribution in [-0.2, 0) is 14.3 Å². The molecular weight excluding hydrogens is 160 g/mol. The molecule has 0 spiro atoms. The van der Waals surface area contributed by atoms with Gasteiger partial charge in [-0.2, -0.15) is 0 Å². The second-order valence-corrected chi connectivity index (χ2v) is 2.75. The van der Waals surface area contributed by atoms with Crippen LogP contribution in [0.3, 0.4) is 0 Å². The molecule has 0 aliphatic carbocycles. The molecule has 0 amide bonds. The van der Waals surface area contributed by atoms with Gasteiger partial charge < -0.3 is 9.84 Å². The van der Waals surface area contributed by atoms with Crippen LogP contribution in [0.5, 0.6) is 0 Å². The standard InChI is InChI=1S/C8H14O4/c1-4-5(2)7(8(10)11)12-6(3)9/h5,7H,4H2,1-3H3,(H,10,11)/t5-,7?/m0/s1. The summed E-state index contributed by atoms with van der Waals surface area (Å²) in [5, 5.41) is 8.65. The molecule has 4 nitrogen and oxygen atoms in total. The minimum absolute atomic E-state index is 0.147. The van der Waals surface area contributed by atoms with Crippen molar-refractivity contribution in [3.63, 3.8) is 0 Å². The number of hydrogen-bond acceptors (Lipinski definition) is 3. The molecule has 0 heterocycles. The molecule has 0 radical (unpaired) electrons. The molecule has 0 saturated carbocycles. The van der Waals surface area contributed by atoms with Crippen LogP contribution in [-0.4, -0.2) is 23.1 Å². The Balaban J connectivity index is 4.22. The molecule has 1 unspecified atom stereocenters. The highest BCUT2D eigenvalue weighted by molar-refractivity contribution is 5.77. The topological polar surface area (TPSA) is 63.6 Å². The third-order valence-corrected chi connectivity index (χ3v) is 1.70. The Labute approximate surface area is 71.5 Å². The Kier molecular flexibility index (Phi) is 4.33. The van der Waals surface area contributed by atoms with Gasteiger partial charge in [0.15, 0.2) is 0 Å². The van der Waals surface area contributed by atoms with Crippen LogP contribution in [0.25, 0.3) is 0 Å². The van der Waals surface area contributed by atoms with Crippen molar-refractivity contribution in [2.45, 2.75) is 33.3 Å². The fourth-order valence-electron chi connectivity index (χ4n) is 0.803. The Morgan fingerprint density at radius 1 is 1.50 bits per heavy atom. The molecule has 0 fully saturated rings. The van der Waals surface area contributed by atoms with Crippen molar-refractivity contribution in [2.75, 3.05) is 0 Å². The van der Waals surface area contributed by atoms with Gasteiger partial charge in [-0.05, 0) is 6.42 Å². The minimum Gasteiger partial charge on any atom is -0.478 e. The average molecular weight is 174 g/mol. The molecule has 0 rings (SSSR count). The predicted octanol–water partition coefficient (Wildman–Crippen LogP) is 1.05. The van der Waals surface area contributed by atoms with Crippen molar-refractivity contribution in [1.82, 2.24) is 0 Å². The van der Waals surface area contributed by atoms with Crippen LogP contribution >= 0.6 is 0 Å². The minimum atomic E-state index is -1.08. The van der Waals surface area contributed by atoms with E-state index in [2.05, 4.69) is 4.74 Å². The Morgan fingerprint density at radius 3 is 2.25 bits per heavy atom. The molecule has 0 aromatic carbocycles. The molecule has 0 aromatic heterocycles. The normalized spacial score (nSPS) is 14.9. The number of ether oxygens (including phenoxy) is 1. The number of hydrogen-bond donors (Lipinski definition) is 1. The van der Waals surface area contributed by atoms with Crippen molar-refractivity contribution in [3.8, 4) is 0 Å². The second-order valence-electron chi connectivity index (χ2n) is 2.75. The number of aliphatic carboxylic acids is 1. The molecule has 0 aromatic rings. The highest BCUT2D eigenvalue weighted by Crippen LogP contribution is 2.11. The first-order valence-corrected chi connectivity index (χ1v) is 3.89. The number of esters is 1. The first-order valence-electron chi connectivity index (χ1n) is 3.89. The molecule has 2 atom stereocenters. The van der Waals surface area contributed by atoms with Crippen molar-refractivity contribution < 1.29 is 19.4 Å². The van der Waals surface area contributed by atoms with Crippen molar-refractivity contribution in [1.29, 1.82) is 0 Å². The molecule has 0 bridgehead atoms. The summed E-state index contributed by atoms with van der Waals surface area (Å²) in [6, 6.07) is 0. The third kappa shape index (κ3) is 3.37. The van der Waals surface area contributed by atoms with E-state index in [1.807, 2.05) is 6.92 Å². The lowest BCUT2D eigenvalue weighted by molar-refractivity contribution is -0.166. The molecule has 12 heavy (non-hydrogen) atoms. The van der Waals surface area contributed by atoms with Crippen LogP contribution in [0.15, 0.2) is 0 Å². The molecule has 0 aliphatic heterocycles. The molecule has 0 saturated heterocycles. The third-order valence-electron chi connectivity index (χ3n) is 1.70. The van der Waals surface area contributed by atoms with Crippen LogP contribution < -0.4 is 0 Å². The van der Waals surface area contributed by atoms with Gasteiger partial charge in [0.1, 0.15) is 0 Å². The van der Waals surface area contributed by atoms with E-state index < -0.39 is 18.0 Å². The van der Waals surface area contributed by atoms with E-state index in [1.54, 1.807) is 6.92 Å². The van der Waals surface area contributed by atoms with Crippen molar-refractivity contribution >= 4 is 11.9 Å². The lowest BCUT2D eigenvalue weighted by Gasteiger charge is -2.17. The maximum Gasteiger partial charge on any atom is 0.345 e. The molecular formula is C8H14O4. The summed E-state index contributed by atoms with van der Waals surface area (Å²) in [6.45, 7) is 4.80. The lowest BCUT2D eigenvalue weighted by atomic mass is 10.0. The molecule has 4 heteroatoms. The zero-order valence-electron chi connectivity index (χ0n) is 7.53. The Hall–Kier alpha value is -1.06. The summed E-state index contributed by atoms with van der Waals surface area (Å²) in [4.78, 5) is 21.1. The number of carbonyl (C=O) groups excluding carboxylic acids is 1. The maximum absolute atomic E-state index is 10.6. The Bertz CT molecular complexity index is 176. The van der Waals surface area contributed by atoms with Gasteiger partial charge in [-0.3, -0.25) is 4.79 Å². The van der Waals surface area contributed by atoms with E-state index in [4.69, 9.17) is 5.11 Å². The van der Waals surface area contributed by atoms with Gasteiger partial charge in [0, 0.05) is 12.8 Å². The van der Waals surface area contributed by atoms with Crippen LogP contribution in [0.1, 0.15) is 27.2 Å². The summed E-state index contributed by atoms with van der Waals surface area (Å²) >= 11 is 0. The van der Waals surface area contributed by atoms with Crippen LogP contribution in [0.2, 0.25) is 0 Å². The van der Waals surface area contributed by atoms with Crippen molar-refractivity contribution in [3.05, 3.63) is 0 Å². The number of rotatable bonds is 4. The lowest BCUT2D eigenvalue weighted by Crippen LogP contribution is -2.32. The van der Waals surface area contributed by atoms with E-state index in [9.17, 15) is 9.59 Å². The summed E-state index contributed by atoms with van der Waals surface area (Å²) in [5.41, 5.74) is 0. The van der Waals surface area contributed by atoms with Crippen molar-refractivity contribution in [2.24, 2.45) is 5.92 Å². The first kappa shape index (κ1) is 10.9. The Morgan fingerprint density at radius 2 is 2.00 bits per heavy atom. The average Bonchev–Trinajstić information content (AvgIpc) is 1.98. The summed E-state index contributed by atoms with van der Waals surface area (Å²) in [5.74, 6) is -1.78. The predicted molar refractivity (Wildman–Crippen MR) is 42.6 cm³/mol. The number of carbonyl (C=O) groups is 2. The summed E-state index contributed by atoms with van der Waals surface area (Å²) in [7, 11) is 0. The maximum atomic E-state index is 10.6. The van der Waals surface area contributed by atoms with Gasteiger partial charge in [-0.25, -0.2) is 4.79 Å². The molecule has 1 N–H and O–H groups in total. The van der Waals surface area contributed by atoms with Gasteiger partial charge in [0.05, 0.1) is 0 Å². The van der Waals surface area contributed by atoms with Crippen LogP contribution in [0, 0.1) is 5.92 Å². The van der Waals surface area contributed by atoms with Gasteiger partial charge in [0.2, 0.25) is 6.10 Å². The quantitative estimate of drug-likeness (QED) is 0.647. The monoisotopic (exact) mass is 174 g/mol. The van der Waals surface area contributed by atoms with E-state index in [1.165, 1.54) is 6.92 Å². The molecule has 70 valence electrons. The fraction of sp³-hybridized carbons (Fsp3) is 0.750. The number of carboxylic acid groups (broad SMARTS) is 1. The van der Waals surface area contributed by atoms with E-state index >= 15 is 0 Å². The second kappa shape index (κ2) is 4.74.